The number of rotatable bonds is 4. The van der Waals surface area contributed by atoms with Crippen molar-refractivity contribution in [3.8, 4) is 5.75 Å². The Morgan fingerprint density at radius 3 is 2.05 bits per heavy atom. The molecule has 0 saturated heterocycles. The Hall–Kier alpha value is -2.57. The maximum absolute atomic E-state index is 10.9. The van der Waals surface area contributed by atoms with Crippen molar-refractivity contribution >= 4 is 23.5 Å². The number of carbonyl (C=O) groups excluding carboxylic acids is 1. The van der Waals surface area contributed by atoms with E-state index < -0.39 is 23.4 Å². The number of ether oxygens (including phenoxy) is 1. The van der Waals surface area contributed by atoms with Crippen LogP contribution in [-0.2, 0) is 14.4 Å². The Kier molecular flexibility index (Phi) is 4.11. The van der Waals surface area contributed by atoms with Crippen LogP contribution in [0.3, 0.4) is 0 Å². The summed E-state index contributed by atoms with van der Waals surface area (Å²) in [7, 11) is 0. The van der Waals surface area contributed by atoms with Gasteiger partial charge in [0.1, 0.15) is 5.75 Å². The highest BCUT2D eigenvalue weighted by Gasteiger charge is 2.29. The number of carbonyl (C=O) groups is 3. The fourth-order valence-corrected chi connectivity index (χ4v) is 1.13. The van der Waals surface area contributed by atoms with Crippen molar-refractivity contribution in [2.45, 2.75) is 19.4 Å². The van der Waals surface area contributed by atoms with Crippen molar-refractivity contribution in [2.75, 3.05) is 5.32 Å². The summed E-state index contributed by atoms with van der Waals surface area (Å²) in [6.07, 6.45) is 0. The summed E-state index contributed by atoms with van der Waals surface area (Å²) in [4.78, 5) is 32.1. The first-order valence-corrected chi connectivity index (χ1v) is 5.29. The number of hydrogen-bond acceptors (Lipinski definition) is 4. The minimum Gasteiger partial charge on any atom is -0.478 e. The first-order chi connectivity index (χ1) is 8.72. The molecule has 0 aliphatic carbocycles. The Morgan fingerprint density at radius 1 is 1.11 bits per heavy atom. The lowest BCUT2D eigenvalue weighted by atomic mass is 10.1. The number of hydrogen-bond donors (Lipinski definition) is 3. The third-order valence-electron chi connectivity index (χ3n) is 2.19. The molecule has 1 rings (SSSR count). The minimum atomic E-state index is -1.59. The minimum absolute atomic E-state index is 0.271. The standard InChI is InChI=1S/C12H13NO6/c1-12(2,11(17)18)19-8-5-3-7(4-6-8)13-9(14)10(15)16/h3-6H,1-2H3,(H,13,14)(H,15,16)(H,17,18). The van der Waals surface area contributed by atoms with Gasteiger partial charge in [-0.2, -0.15) is 0 Å². The number of nitrogens with one attached hydrogen (secondary N) is 1. The van der Waals surface area contributed by atoms with Crippen LogP contribution in [0.5, 0.6) is 5.75 Å². The van der Waals surface area contributed by atoms with Crippen molar-refractivity contribution in [1.29, 1.82) is 0 Å². The first-order valence-electron chi connectivity index (χ1n) is 5.29. The monoisotopic (exact) mass is 267 g/mol. The van der Waals surface area contributed by atoms with Crippen LogP contribution in [0.4, 0.5) is 5.69 Å². The Labute approximate surface area is 108 Å². The predicted octanol–water partition coefficient (Wildman–Crippen LogP) is 0.952. The maximum atomic E-state index is 10.9. The molecule has 1 aromatic rings. The first kappa shape index (κ1) is 14.5. The average molecular weight is 267 g/mol. The topological polar surface area (TPSA) is 113 Å². The van der Waals surface area contributed by atoms with Gasteiger partial charge in [0.15, 0.2) is 5.60 Å². The molecule has 1 aromatic carbocycles. The summed E-state index contributed by atoms with van der Waals surface area (Å²) in [6, 6.07) is 5.69. The van der Waals surface area contributed by atoms with Crippen LogP contribution in [-0.4, -0.2) is 33.7 Å². The Bertz CT molecular complexity index is 505. The number of anilines is 1. The van der Waals surface area contributed by atoms with Crippen molar-refractivity contribution in [3.63, 3.8) is 0 Å². The molecule has 0 spiro atoms. The van der Waals surface area contributed by atoms with Crippen molar-refractivity contribution in [3.05, 3.63) is 24.3 Å². The molecule has 0 bridgehead atoms. The van der Waals surface area contributed by atoms with E-state index >= 15 is 0 Å². The second kappa shape index (κ2) is 5.38. The van der Waals surface area contributed by atoms with Gasteiger partial charge in [0.25, 0.3) is 0 Å². The molecule has 102 valence electrons. The van der Waals surface area contributed by atoms with E-state index in [1.165, 1.54) is 38.1 Å². The molecule has 0 aliphatic rings. The van der Waals surface area contributed by atoms with E-state index in [2.05, 4.69) is 5.32 Å². The highest BCUT2D eigenvalue weighted by molar-refractivity contribution is 6.36. The number of carboxylic acid groups (broad SMARTS) is 2. The third-order valence-corrected chi connectivity index (χ3v) is 2.19. The molecule has 0 saturated carbocycles. The van der Waals surface area contributed by atoms with E-state index in [1.54, 1.807) is 0 Å². The van der Waals surface area contributed by atoms with Gasteiger partial charge in [0.05, 0.1) is 0 Å². The molecule has 3 N–H and O–H groups in total. The van der Waals surface area contributed by atoms with E-state index in [-0.39, 0.29) is 5.69 Å². The number of carboxylic acids is 2. The fraction of sp³-hybridized carbons (Fsp3) is 0.250. The van der Waals surface area contributed by atoms with E-state index in [4.69, 9.17) is 14.9 Å². The van der Waals surface area contributed by atoms with Gasteiger partial charge >= 0.3 is 17.8 Å². The number of benzene rings is 1. The number of amides is 1. The van der Waals surface area contributed by atoms with Crippen LogP contribution in [0.1, 0.15) is 13.8 Å². The van der Waals surface area contributed by atoms with E-state index in [0.29, 0.717) is 5.75 Å². The largest absolute Gasteiger partial charge is 0.478 e. The summed E-state index contributed by atoms with van der Waals surface area (Å²) < 4.78 is 5.24. The molecule has 0 atom stereocenters. The molecule has 19 heavy (non-hydrogen) atoms. The van der Waals surface area contributed by atoms with Gasteiger partial charge in [-0.1, -0.05) is 0 Å². The van der Waals surface area contributed by atoms with Crippen LogP contribution in [0.2, 0.25) is 0 Å². The fourth-order valence-electron chi connectivity index (χ4n) is 1.13. The summed E-state index contributed by atoms with van der Waals surface area (Å²) in [5, 5.41) is 19.4. The SMILES string of the molecule is CC(C)(Oc1ccc(NC(=O)C(=O)O)cc1)C(=O)O. The van der Waals surface area contributed by atoms with Crippen LogP contribution in [0.15, 0.2) is 24.3 Å². The molecule has 1 amide bonds. The maximum Gasteiger partial charge on any atom is 0.394 e. The van der Waals surface area contributed by atoms with Gasteiger partial charge in [-0.05, 0) is 38.1 Å². The molecule has 0 aromatic heterocycles. The number of aliphatic carboxylic acids is 2. The van der Waals surface area contributed by atoms with Gasteiger partial charge in [-0.25, -0.2) is 9.59 Å². The lowest BCUT2D eigenvalue weighted by Gasteiger charge is -2.21. The Balaban J connectivity index is 2.75. The average Bonchev–Trinajstić information content (AvgIpc) is 2.30. The molecule has 0 fully saturated rings. The van der Waals surface area contributed by atoms with Crippen LogP contribution >= 0.6 is 0 Å². The van der Waals surface area contributed by atoms with Crippen LogP contribution in [0.25, 0.3) is 0 Å². The lowest BCUT2D eigenvalue weighted by molar-refractivity contribution is -0.152. The molecule has 0 aliphatic heterocycles. The lowest BCUT2D eigenvalue weighted by Crippen LogP contribution is -2.37. The zero-order valence-electron chi connectivity index (χ0n) is 10.3. The second-order valence-corrected chi connectivity index (χ2v) is 4.20. The van der Waals surface area contributed by atoms with Crippen LogP contribution < -0.4 is 10.1 Å². The summed E-state index contributed by atoms with van der Waals surface area (Å²) in [6.45, 7) is 2.80. The molecule has 0 heterocycles. The van der Waals surface area contributed by atoms with Gasteiger partial charge in [-0.3, -0.25) is 4.79 Å². The zero-order valence-corrected chi connectivity index (χ0v) is 10.3. The van der Waals surface area contributed by atoms with Gasteiger partial charge in [0, 0.05) is 5.69 Å². The molecule has 7 heteroatoms. The van der Waals surface area contributed by atoms with Crippen molar-refractivity contribution in [1.82, 2.24) is 0 Å². The molecular formula is C12H13NO6. The Morgan fingerprint density at radius 2 is 1.63 bits per heavy atom. The van der Waals surface area contributed by atoms with E-state index in [0.717, 1.165) is 0 Å². The molecule has 0 unspecified atom stereocenters. The van der Waals surface area contributed by atoms with Gasteiger partial charge < -0.3 is 20.3 Å². The normalized spacial score (nSPS) is 10.6. The second-order valence-electron chi connectivity index (χ2n) is 4.20. The van der Waals surface area contributed by atoms with E-state index in [9.17, 15) is 14.4 Å². The third kappa shape index (κ3) is 3.98. The van der Waals surface area contributed by atoms with Crippen LogP contribution in [0, 0.1) is 0 Å². The zero-order chi connectivity index (χ0) is 14.6. The quantitative estimate of drug-likeness (QED) is 0.700. The summed E-state index contributed by atoms with van der Waals surface area (Å²) >= 11 is 0. The molecule has 0 radical (unpaired) electrons. The summed E-state index contributed by atoms with van der Waals surface area (Å²) in [5.41, 5.74) is -1.11. The smallest absolute Gasteiger partial charge is 0.394 e. The highest BCUT2D eigenvalue weighted by Crippen LogP contribution is 2.21. The predicted molar refractivity (Wildman–Crippen MR) is 65.1 cm³/mol. The van der Waals surface area contributed by atoms with Gasteiger partial charge in [0.2, 0.25) is 0 Å². The van der Waals surface area contributed by atoms with Gasteiger partial charge in [-0.15, -0.1) is 0 Å². The summed E-state index contributed by atoms with van der Waals surface area (Å²) in [5.74, 6) is -3.57. The van der Waals surface area contributed by atoms with Crippen molar-refractivity contribution in [2.24, 2.45) is 0 Å². The molecular weight excluding hydrogens is 254 g/mol. The van der Waals surface area contributed by atoms with Crippen molar-refractivity contribution < 1.29 is 29.3 Å². The van der Waals surface area contributed by atoms with E-state index in [1.807, 2.05) is 0 Å². The highest BCUT2D eigenvalue weighted by atomic mass is 16.5. The molecule has 7 nitrogen and oxygen atoms in total.